The molecule has 7 nitrogen and oxygen atoms in total. The second-order valence-corrected chi connectivity index (χ2v) is 7.87. The first-order valence-electron chi connectivity index (χ1n) is 9.27. The summed E-state index contributed by atoms with van der Waals surface area (Å²) < 4.78 is 11.1. The van der Waals surface area contributed by atoms with Gasteiger partial charge in [0, 0.05) is 12.0 Å². The molecule has 2 N–H and O–H groups in total. The minimum absolute atomic E-state index is 0. The van der Waals surface area contributed by atoms with Crippen molar-refractivity contribution in [2.45, 2.75) is 206 Å². The summed E-state index contributed by atoms with van der Waals surface area (Å²) in [6.45, 7) is 5.94. The zero-order valence-electron chi connectivity index (χ0n) is 15.4. The van der Waals surface area contributed by atoms with Crippen LogP contribution < -0.4 is 5.73 Å². The lowest BCUT2D eigenvalue weighted by Crippen LogP contribution is -2.57. The third-order valence-electron chi connectivity index (χ3n) is 5.87. The Hall–Kier alpha value is -2.66. The van der Waals surface area contributed by atoms with Gasteiger partial charge in [-0.05, 0) is 30.2 Å². The molecule has 3 aliphatic heterocycles. The molecule has 0 radical (unpaired) electrons. The number of hydrogen-bond donors (Lipinski definition) is 1. The first-order valence-corrected chi connectivity index (χ1v) is 9.27. The van der Waals surface area contributed by atoms with Gasteiger partial charge in [-0.25, -0.2) is 0 Å². The number of primary amides is 1. The minimum Gasteiger partial charge on any atom is -0.458 e. The van der Waals surface area contributed by atoms with Gasteiger partial charge < -0.3 is 15.2 Å². The number of amides is 1. The van der Waals surface area contributed by atoms with E-state index in [1.807, 2.05) is 31.2 Å². The molecule has 1 unspecified atom stereocenters. The third kappa shape index (κ3) is 18.2. The van der Waals surface area contributed by atoms with Crippen LogP contribution in [0.15, 0.2) is 36.4 Å². The second kappa shape index (κ2) is 39.8. The van der Waals surface area contributed by atoms with Crippen molar-refractivity contribution in [2.24, 2.45) is 11.7 Å². The minimum atomic E-state index is -1.27. The number of ether oxygens (including phenoxy) is 2. The Balaban J connectivity index is -0.0000000325. The SMILES string of the molecule is C.C.C.C.C.C.C.C.C.C.C.C.C.C.C.C.C.C.C.C.C.C=C(C)C#Cc1cccc(CN2O[C@@]3(C(N)=O)C[C@@H]4O[C@@H]4C4OC(=O)[C@@H]2[C@H]43)c1. The average molecular weight is 717 g/mol. The van der Waals surface area contributed by atoms with Crippen molar-refractivity contribution >= 4 is 11.9 Å². The maximum atomic E-state index is 12.6. The fourth-order valence-corrected chi connectivity index (χ4v) is 4.65. The molecule has 0 bridgehead atoms. The van der Waals surface area contributed by atoms with Gasteiger partial charge >= 0.3 is 5.97 Å². The summed E-state index contributed by atoms with van der Waals surface area (Å²) in [7, 11) is 0. The second-order valence-electron chi connectivity index (χ2n) is 7.87. The Morgan fingerprint density at radius 1 is 0.837 bits per heavy atom. The number of rotatable bonds is 3. The summed E-state index contributed by atoms with van der Waals surface area (Å²) in [5.74, 6) is 4.57. The predicted molar refractivity (Wildman–Crippen MR) is 238 cm³/mol. The van der Waals surface area contributed by atoms with E-state index in [0.717, 1.165) is 16.7 Å². The van der Waals surface area contributed by atoms with Crippen molar-refractivity contribution in [2.75, 3.05) is 0 Å². The van der Waals surface area contributed by atoms with Crippen LogP contribution in [0.1, 0.15) is 180 Å². The molecular weight excluding hydrogens is 612 g/mol. The fraction of sp³-hybridized carbons (Fsp3) is 0.714. The van der Waals surface area contributed by atoms with Gasteiger partial charge in [0.25, 0.3) is 5.91 Å². The molecule has 5 rings (SSSR count). The molecule has 0 aromatic heterocycles. The van der Waals surface area contributed by atoms with Crippen molar-refractivity contribution in [3.63, 3.8) is 0 Å². The van der Waals surface area contributed by atoms with E-state index < -0.39 is 35.5 Å². The maximum Gasteiger partial charge on any atom is 0.326 e. The van der Waals surface area contributed by atoms with Gasteiger partial charge in [0.05, 0.1) is 18.6 Å². The quantitative estimate of drug-likeness (QED) is 0.190. The van der Waals surface area contributed by atoms with E-state index in [2.05, 4.69) is 18.4 Å². The summed E-state index contributed by atoms with van der Waals surface area (Å²) >= 11 is 0. The van der Waals surface area contributed by atoms with Crippen LogP contribution in [0.2, 0.25) is 0 Å². The number of nitrogens with zero attached hydrogens (tertiary/aromatic N) is 1. The highest BCUT2D eigenvalue weighted by molar-refractivity contribution is 5.89. The normalized spacial score (nSPS) is 21.3. The van der Waals surface area contributed by atoms with Crippen LogP contribution in [0.4, 0.5) is 0 Å². The Labute approximate surface area is 317 Å². The average Bonchev–Trinajstić information content (AvgIpc) is 3.21. The van der Waals surface area contributed by atoms with Crippen LogP contribution in [0.3, 0.4) is 0 Å². The van der Waals surface area contributed by atoms with Crippen molar-refractivity contribution in [3.05, 3.63) is 47.5 Å². The highest BCUT2D eigenvalue weighted by Crippen LogP contribution is 2.57. The lowest BCUT2D eigenvalue weighted by atomic mass is 9.72. The largest absolute Gasteiger partial charge is 0.458 e. The monoisotopic (exact) mass is 717 g/mol. The first kappa shape index (κ1) is 111. The fourth-order valence-electron chi connectivity index (χ4n) is 4.65. The van der Waals surface area contributed by atoms with E-state index >= 15 is 0 Å². The Morgan fingerprint density at radius 2 is 1.31 bits per heavy atom. The number of benzene rings is 1. The zero-order chi connectivity index (χ0) is 19.6. The number of nitrogens with two attached hydrogens (primary N) is 1. The molecule has 1 aliphatic carbocycles. The van der Waals surface area contributed by atoms with Gasteiger partial charge in [-0.3, -0.25) is 14.4 Å². The van der Waals surface area contributed by atoms with Gasteiger partial charge in [0.15, 0.2) is 5.60 Å². The lowest BCUT2D eigenvalue weighted by molar-refractivity contribution is -0.227. The summed E-state index contributed by atoms with van der Waals surface area (Å²) in [5, 5.41) is 1.55. The van der Waals surface area contributed by atoms with Gasteiger partial charge in [0.2, 0.25) is 0 Å². The molecule has 0 spiro atoms. The van der Waals surface area contributed by atoms with E-state index in [4.69, 9.17) is 20.0 Å². The Bertz CT molecular complexity index is 969. The number of hydroxylamine groups is 2. The molecule has 3 saturated heterocycles. The van der Waals surface area contributed by atoms with Crippen LogP contribution in [-0.4, -0.2) is 46.9 Å². The molecule has 6 atom stereocenters. The van der Waals surface area contributed by atoms with Crippen LogP contribution in [0, 0.1) is 17.8 Å². The van der Waals surface area contributed by atoms with Crippen LogP contribution in [-0.2, 0) is 30.4 Å². The van der Waals surface area contributed by atoms with E-state index in [-0.39, 0.29) is 168 Å². The maximum absolute atomic E-state index is 12.6. The molecule has 3 heterocycles. The van der Waals surface area contributed by atoms with Gasteiger partial charge in [-0.1, -0.05) is 187 Å². The molecule has 1 aromatic rings. The molecule has 4 fully saturated rings. The highest BCUT2D eigenvalue weighted by Gasteiger charge is 2.76. The van der Waals surface area contributed by atoms with E-state index in [9.17, 15) is 9.59 Å². The molecule has 7 heteroatoms. The van der Waals surface area contributed by atoms with E-state index in [1.54, 1.807) is 5.06 Å². The molecule has 1 saturated carbocycles. The molecule has 1 amide bonds. The number of fused-ring (bicyclic) bond motifs is 2. The molecule has 1 aromatic carbocycles. The van der Waals surface area contributed by atoms with Crippen molar-refractivity contribution < 1.29 is 23.9 Å². The Morgan fingerprint density at radius 3 is 1.73 bits per heavy atom. The van der Waals surface area contributed by atoms with Crippen LogP contribution >= 0.6 is 0 Å². The summed E-state index contributed by atoms with van der Waals surface area (Å²) in [5.41, 5.74) is 6.98. The summed E-state index contributed by atoms with van der Waals surface area (Å²) in [6.07, 6.45) is -0.444. The number of carbonyl (C=O) groups excluding carboxylic acids is 2. The lowest BCUT2D eigenvalue weighted by Gasteiger charge is -2.34. The zero-order valence-corrected chi connectivity index (χ0v) is 15.4. The smallest absolute Gasteiger partial charge is 0.326 e. The molecule has 4 aliphatic rings. The van der Waals surface area contributed by atoms with E-state index in [0.29, 0.717) is 13.0 Å². The number of hydrogen-bond acceptors (Lipinski definition) is 6. The van der Waals surface area contributed by atoms with Crippen LogP contribution in [0.5, 0.6) is 0 Å². The summed E-state index contributed by atoms with van der Waals surface area (Å²) in [6, 6.07) is 6.97. The highest BCUT2D eigenvalue weighted by atomic mass is 16.7. The standard InChI is InChI=1S/C21H20N2O5.21CH4/c1-11(2)6-7-12-4-3-5-13(8-12)10-23-16-15-18(27-19(16)24)17-14(26-17)9-21(15,28-23)20(22)25;;;;;;;;;;;;;;;;;;;;;/h3-5,8,14-18H,1,9-10H2,2H3,(H2,22,25);21*1H4/t14-,15+,16-,17-,18?,21-;;;;;;;;;;;;;;;;;;;;;/m0...................../s1. The van der Waals surface area contributed by atoms with Gasteiger partial charge in [-0.2, -0.15) is 5.06 Å². The van der Waals surface area contributed by atoms with Gasteiger partial charge in [-0.15, -0.1) is 0 Å². The summed E-state index contributed by atoms with van der Waals surface area (Å²) in [4.78, 5) is 31.0. The number of allylic oxidation sites excluding steroid dienone is 1. The molecule has 49 heavy (non-hydrogen) atoms. The van der Waals surface area contributed by atoms with Crippen molar-refractivity contribution in [1.29, 1.82) is 0 Å². The molecular formula is C42H104N2O5. The van der Waals surface area contributed by atoms with Crippen molar-refractivity contribution in [3.8, 4) is 11.8 Å². The van der Waals surface area contributed by atoms with Gasteiger partial charge in [0.1, 0.15) is 18.2 Å². The van der Waals surface area contributed by atoms with Crippen LogP contribution in [0.25, 0.3) is 0 Å². The molecule has 312 valence electrons. The number of esters is 1. The third-order valence-corrected chi connectivity index (χ3v) is 5.87. The number of epoxide rings is 1. The number of carbonyl (C=O) groups is 2. The topological polar surface area (TPSA) is 94.4 Å². The van der Waals surface area contributed by atoms with Crippen molar-refractivity contribution in [1.82, 2.24) is 5.06 Å². The first-order chi connectivity index (χ1) is 13.4. The van der Waals surface area contributed by atoms with E-state index in [1.165, 1.54) is 0 Å². The predicted octanol–water partition coefficient (Wildman–Crippen LogP) is 14.0. The Kier molecular flexibility index (Phi) is 89.8.